The second kappa shape index (κ2) is 3.81. The first-order valence-electron chi connectivity index (χ1n) is 4.43. The van der Waals surface area contributed by atoms with Crippen molar-refractivity contribution in [1.29, 1.82) is 0 Å². The normalized spacial score (nSPS) is 14.2. The van der Waals surface area contributed by atoms with Gasteiger partial charge in [0.2, 0.25) is 0 Å². The summed E-state index contributed by atoms with van der Waals surface area (Å²) in [5.41, 5.74) is 7.42. The molecule has 0 amide bonds. The lowest BCUT2D eigenvalue weighted by atomic mass is 9.83. The lowest BCUT2D eigenvalue weighted by Crippen LogP contribution is -2.26. The third-order valence-electron chi connectivity index (χ3n) is 2.17. The Morgan fingerprint density at radius 2 is 1.77 bits per heavy atom. The Bertz CT molecular complexity index is 288. The number of benzene rings is 1. The molecule has 0 aromatic heterocycles. The van der Waals surface area contributed by atoms with Gasteiger partial charge in [0.05, 0.1) is 0 Å². The molecule has 0 bridgehead atoms. The topological polar surface area (TPSA) is 26.0 Å². The molecule has 0 spiro atoms. The van der Waals surface area contributed by atoms with Crippen LogP contribution in [-0.4, -0.2) is 0 Å². The molecule has 2 heteroatoms. The summed E-state index contributed by atoms with van der Waals surface area (Å²) in [6.07, 6.45) is 0. The maximum atomic E-state index is 6.14. The van der Waals surface area contributed by atoms with Gasteiger partial charge >= 0.3 is 0 Å². The van der Waals surface area contributed by atoms with Crippen LogP contribution >= 0.6 is 15.9 Å². The van der Waals surface area contributed by atoms with Crippen molar-refractivity contribution < 1.29 is 0 Å². The van der Waals surface area contributed by atoms with Gasteiger partial charge in [-0.3, -0.25) is 0 Å². The lowest BCUT2D eigenvalue weighted by molar-refractivity contribution is 0.326. The van der Waals surface area contributed by atoms with E-state index in [0.717, 1.165) is 4.47 Å². The van der Waals surface area contributed by atoms with Crippen LogP contribution in [0.4, 0.5) is 0 Å². The first-order valence-corrected chi connectivity index (χ1v) is 5.22. The highest BCUT2D eigenvalue weighted by Crippen LogP contribution is 2.33. The van der Waals surface area contributed by atoms with E-state index in [4.69, 9.17) is 5.73 Å². The smallest absolute Gasteiger partial charge is 0.0355 e. The minimum atomic E-state index is 0.0723. The predicted octanol–water partition coefficient (Wildman–Crippen LogP) is 3.50. The zero-order chi connectivity index (χ0) is 10.1. The Balaban J connectivity index is 3.02. The average molecular weight is 242 g/mol. The van der Waals surface area contributed by atoms with E-state index >= 15 is 0 Å². The third-order valence-corrected chi connectivity index (χ3v) is 2.90. The molecular formula is C11H16BrN. The summed E-state index contributed by atoms with van der Waals surface area (Å²) >= 11 is 3.51. The second-order valence-corrected chi connectivity index (χ2v) is 5.22. The Labute approximate surface area is 88.5 Å². The fourth-order valence-electron chi connectivity index (χ4n) is 1.19. The van der Waals surface area contributed by atoms with Crippen LogP contribution in [0.5, 0.6) is 0 Å². The number of nitrogens with two attached hydrogens (primary N) is 1. The summed E-state index contributed by atoms with van der Waals surface area (Å²) < 4.78 is 1.09. The molecule has 0 unspecified atom stereocenters. The summed E-state index contributed by atoms with van der Waals surface area (Å²) in [4.78, 5) is 0. The molecule has 0 radical (unpaired) electrons. The summed E-state index contributed by atoms with van der Waals surface area (Å²) in [6, 6.07) is 8.19. The first kappa shape index (κ1) is 10.7. The average Bonchev–Trinajstić information content (AvgIpc) is 2.02. The van der Waals surface area contributed by atoms with Gasteiger partial charge < -0.3 is 5.73 Å². The Morgan fingerprint density at radius 1 is 1.23 bits per heavy atom. The molecule has 72 valence electrons. The minimum Gasteiger partial charge on any atom is -0.323 e. The number of rotatable bonds is 1. The first-order chi connectivity index (χ1) is 5.93. The van der Waals surface area contributed by atoms with E-state index in [0.29, 0.717) is 0 Å². The van der Waals surface area contributed by atoms with Crippen LogP contribution in [0.25, 0.3) is 0 Å². The number of hydrogen-bond donors (Lipinski definition) is 1. The van der Waals surface area contributed by atoms with Crippen LogP contribution in [0.2, 0.25) is 0 Å². The standard InChI is InChI=1S/C11H16BrN/c1-11(2,3)10(13)8-6-4-5-7-9(8)12/h4-7,10H,13H2,1-3H3/t10-/m1/s1. The molecule has 0 aliphatic heterocycles. The monoisotopic (exact) mass is 241 g/mol. The molecule has 1 aromatic carbocycles. The van der Waals surface area contributed by atoms with Crippen molar-refractivity contribution >= 4 is 15.9 Å². The highest BCUT2D eigenvalue weighted by atomic mass is 79.9. The maximum Gasteiger partial charge on any atom is 0.0355 e. The molecule has 2 N–H and O–H groups in total. The highest BCUT2D eigenvalue weighted by molar-refractivity contribution is 9.10. The van der Waals surface area contributed by atoms with Gasteiger partial charge in [-0.15, -0.1) is 0 Å². The molecular weight excluding hydrogens is 226 g/mol. The van der Waals surface area contributed by atoms with Gasteiger partial charge in [-0.2, -0.15) is 0 Å². The molecule has 0 aliphatic carbocycles. The maximum absolute atomic E-state index is 6.14. The second-order valence-electron chi connectivity index (χ2n) is 4.37. The molecule has 1 atom stereocenters. The van der Waals surface area contributed by atoms with Crippen LogP contribution in [0, 0.1) is 5.41 Å². The van der Waals surface area contributed by atoms with Crippen molar-refractivity contribution in [2.75, 3.05) is 0 Å². The summed E-state index contributed by atoms with van der Waals surface area (Å²) in [5, 5.41) is 0. The fraction of sp³-hybridized carbons (Fsp3) is 0.455. The molecule has 13 heavy (non-hydrogen) atoms. The summed E-state index contributed by atoms with van der Waals surface area (Å²) in [5.74, 6) is 0. The lowest BCUT2D eigenvalue weighted by Gasteiger charge is -2.28. The van der Waals surface area contributed by atoms with Gasteiger partial charge in [0.15, 0.2) is 0 Å². The van der Waals surface area contributed by atoms with Crippen molar-refractivity contribution in [2.24, 2.45) is 11.1 Å². The highest BCUT2D eigenvalue weighted by Gasteiger charge is 2.23. The van der Waals surface area contributed by atoms with Crippen molar-refractivity contribution in [2.45, 2.75) is 26.8 Å². The fourth-order valence-corrected chi connectivity index (χ4v) is 1.73. The SMILES string of the molecule is CC(C)(C)[C@H](N)c1ccccc1Br. The van der Waals surface area contributed by atoms with Crippen LogP contribution in [-0.2, 0) is 0 Å². The summed E-state index contributed by atoms with van der Waals surface area (Å²) in [6.45, 7) is 6.45. The quantitative estimate of drug-likeness (QED) is 0.801. The van der Waals surface area contributed by atoms with E-state index < -0.39 is 0 Å². The van der Waals surface area contributed by atoms with Crippen LogP contribution in [0.3, 0.4) is 0 Å². The van der Waals surface area contributed by atoms with Crippen molar-refractivity contribution in [3.63, 3.8) is 0 Å². The van der Waals surface area contributed by atoms with Crippen molar-refractivity contribution in [3.05, 3.63) is 34.3 Å². The van der Waals surface area contributed by atoms with Gasteiger partial charge in [0, 0.05) is 10.5 Å². The van der Waals surface area contributed by atoms with Crippen molar-refractivity contribution in [3.8, 4) is 0 Å². The van der Waals surface area contributed by atoms with Crippen molar-refractivity contribution in [1.82, 2.24) is 0 Å². The zero-order valence-electron chi connectivity index (χ0n) is 8.34. The van der Waals surface area contributed by atoms with Gasteiger partial charge in [-0.25, -0.2) is 0 Å². The number of halogens is 1. The Hall–Kier alpha value is -0.340. The van der Waals surface area contributed by atoms with E-state index in [1.807, 2.05) is 18.2 Å². The van der Waals surface area contributed by atoms with E-state index in [1.54, 1.807) is 0 Å². The van der Waals surface area contributed by atoms with E-state index in [1.165, 1.54) is 5.56 Å². The summed E-state index contributed by atoms with van der Waals surface area (Å²) in [7, 11) is 0. The molecule has 0 heterocycles. The van der Waals surface area contributed by atoms with E-state index in [9.17, 15) is 0 Å². The van der Waals surface area contributed by atoms with Gasteiger partial charge in [0.25, 0.3) is 0 Å². The Morgan fingerprint density at radius 3 is 2.23 bits per heavy atom. The molecule has 0 saturated carbocycles. The molecule has 1 rings (SSSR count). The van der Waals surface area contributed by atoms with Gasteiger partial charge in [0.1, 0.15) is 0 Å². The van der Waals surface area contributed by atoms with Crippen LogP contribution in [0.15, 0.2) is 28.7 Å². The Kier molecular flexibility index (Phi) is 3.14. The van der Waals surface area contributed by atoms with E-state index in [2.05, 4.69) is 42.8 Å². The number of hydrogen-bond acceptors (Lipinski definition) is 1. The van der Waals surface area contributed by atoms with E-state index in [-0.39, 0.29) is 11.5 Å². The molecule has 1 aromatic rings. The molecule has 1 nitrogen and oxygen atoms in total. The third kappa shape index (κ3) is 2.55. The van der Waals surface area contributed by atoms with Gasteiger partial charge in [-0.1, -0.05) is 54.9 Å². The largest absolute Gasteiger partial charge is 0.323 e. The molecule has 0 fully saturated rings. The predicted molar refractivity (Wildman–Crippen MR) is 60.5 cm³/mol. The minimum absolute atomic E-state index is 0.0723. The molecule has 0 saturated heterocycles. The zero-order valence-corrected chi connectivity index (χ0v) is 9.93. The van der Waals surface area contributed by atoms with Crippen LogP contribution in [0.1, 0.15) is 32.4 Å². The van der Waals surface area contributed by atoms with Gasteiger partial charge in [-0.05, 0) is 17.0 Å². The van der Waals surface area contributed by atoms with Crippen LogP contribution < -0.4 is 5.73 Å². The molecule has 0 aliphatic rings.